The van der Waals surface area contributed by atoms with E-state index in [1.807, 2.05) is 0 Å². The zero-order valence-corrected chi connectivity index (χ0v) is 10.7. The second-order valence-electron chi connectivity index (χ2n) is 5.29. The summed E-state index contributed by atoms with van der Waals surface area (Å²) >= 11 is 0. The zero-order chi connectivity index (χ0) is 10.3. The Morgan fingerprint density at radius 2 is 1.85 bits per heavy atom. The molecule has 13 heavy (non-hydrogen) atoms. The summed E-state index contributed by atoms with van der Waals surface area (Å²) in [6, 6.07) is 0. The van der Waals surface area contributed by atoms with Gasteiger partial charge in [-0.3, -0.25) is 0 Å². The molecular formula is C10H22O2Si. The van der Waals surface area contributed by atoms with Gasteiger partial charge in [-0.15, -0.1) is 0 Å². The Kier molecular flexibility index (Phi) is 2.91. The number of hydrogen-bond donors (Lipinski definition) is 0. The van der Waals surface area contributed by atoms with Crippen LogP contribution in [0.4, 0.5) is 0 Å². The zero-order valence-electron chi connectivity index (χ0n) is 9.68. The summed E-state index contributed by atoms with van der Waals surface area (Å²) < 4.78 is 11.6. The molecular weight excluding hydrogens is 180 g/mol. The maximum atomic E-state index is 6.08. The highest BCUT2D eigenvalue weighted by Gasteiger charge is 2.59. The molecule has 1 rings (SSSR count). The molecule has 1 saturated carbocycles. The second-order valence-corrected chi connectivity index (χ2v) is 9.71. The normalized spacial score (nSPS) is 33.9. The van der Waals surface area contributed by atoms with Crippen LogP contribution in [0.15, 0.2) is 0 Å². The topological polar surface area (TPSA) is 18.5 Å². The monoisotopic (exact) mass is 202 g/mol. The first-order chi connectivity index (χ1) is 5.81. The van der Waals surface area contributed by atoms with E-state index in [4.69, 9.17) is 9.16 Å². The van der Waals surface area contributed by atoms with Crippen LogP contribution in [0.5, 0.6) is 0 Å². The van der Waals surface area contributed by atoms with E-state index in [2.05, 4.69) is 33.5 Å². The molecule has 0 bridgehead atoms. The van der Waals surface area contributed by atoms with E-state index in [1.165, 1.54) is 0 Å². The molecule has 3 heteroatoms. The average molecular weight is 202 g/mol. The van der Waals surface area contributed by atoms with Crippen LogP contribution in [0, 0.1) is 11.8 Å². The van der Waals surface area contributed by atoms with Crippen LogP contribution in [0.3, 0.4) is 0 Å². The van der Waals surface area contributed by atoms with Gasteiger partial charge in [-0.25, -0.2) is 0 Å². The summed E-state index contributed by atoms with van der Waals surface area (Å²) in [5.41, 5.74) is 0. The number of rotatable bonds is 4. The molecule has 0 aliphatic heterocycles. The Balaban J connectivity index is 2.56. The standard InChI is InChI=1S/C10H22O2Si/c1-8(2)9-7-10(9,11-3)12-13(4,5)6/h8-9H,7H2,1-6H3/t9-,10?/m1/s1. The van der Waals surface area contributed by atoms with Crippen molar-refractivity contribution in [2.75, 3.05) is 7.11 Å². The molecule has 0 saturated heterocycles. The Bertz CT molecular complexity index is 186. The lowest BCUT2D eigenvalue weighted by Crippen LogP contribution is -2.36. The Morgan fingerprint density at radius 1 is 1.31 bits per heavy atom. The van der Waals surface area contributed by atoms with E-state index in [1.54, 1.807) is 7.11 Å². The highest BCUT2D eigenvalue weighted by molar-refractivity contribution is 6.69. The maximum absolute atomic E-state index is 6.08. The molecule has 0 aromatic heterocycles. The molecule has 1 unspecified atom stereocenters. The van der Waals surface area contributed by atoms with Crippen molar-refractivity contribution >= 4 is 8.32 Å². The number of methoxy groups -OCH3 is 1. The first-order valence-corrected chi connectivity index (χ1v) is 8.47. The summed E-state index contributed by atoms with van der Waals surface area (Å²) in [5, 5.41) is 0. The largest absolute Gasteiger partial charge is 0.391 e. The van der Waals surface area contributed by atoms with Crippen molar-refractivity contribution in [3.63, 3.8) is 0 Å². The molecule has 0 heterocycles. The molecule has 0 amide bonds. The molecule has 0 aromatic carbocycles. The van der Waals surface area contributed by atoms with E-state index in [9.17, 15) is 0 Å². The van der Waals surface area contributed by atoms with Gasteiger partial charge in [-0.2, -0.15) is 0 Å². The van der Waals surface area contributed by atoms with E-state index in [0.29, 0.717) is 11.8 Å². The van der Waals surface area contributed by atoms with Crippen molar-refractivity contribution in [2.45, 2.75) is 45.7 Å². The molecule has 0 aromatic rings. The predicted molar refractivity (Wildman–Crippen MR) is 57.1 cm³/mol. The minimum Gasteiger partial charge on any atom is -0.391 e. The van der Waals surface area contributed by atoms with E-state index < -0.39 is 8.32 Å². The van der Waals surface area contributed by atoms with Gasteiger partial charge in [0.05, 0.1) is 0 Å². The fraction of sp³-hybridized carbons (Fsp3) is 1.00. The predicted octanol–water partition coefficient (Wildman–Crippen LogP) is 2.86. The minimum absolute atomic E-state index is 0.224. The van der Waals surface area contributed by atoms with Crippen molar-refractivity contribution in [3.8, 4) is 0 Å². The van der Waals surface area contributed by atoms with Gasteiger partial charge in [-0.1, -0.05) is 13.8 Å². The third kappa shape index (κ3) is 2.54. The van der Waals surface area contributed by atoms with Gasteiger partial charge in [0.1, 0.15) is 0 Å². The molecule has 1 aliphatic rings. The molecule has 0 N–H and O–H groups in total. The van der Waals surface area contributed by atoms with Crippen molar-refractivity contribution < 1.29 is 9.16 Å². The van der Waals surface area contributed by atoms with Crippen LogP contribution in [-0.4, -0.2) is 21.2 Å². The Labute approximate surface area is 82.7 Å². The average Bonchev–Trinajstić information content (AvgIpc) is 2.61. The van der Waals surface area contributed by atoms with Crippen LogP contribution in [0.1, 0.15) is 20.3 Å². The van der Waals surface area contributed by atoms with E-state index in [-0.39, 0.29) is 5.79 Å². The van der Waals surface area contributed by atoms with Gasteiger partial charge in [0.2, 0.25) is 0 Å². The molecule has 0 spiro atoms. The lowest BCUT2D eigenvalue weighted by Gasteiger charge is -2.27. The van der Waals surface area contributed by atoms with Crippen molar-refractivity contribution in [3.05, 3.63) is 0 Å². The molecule has 0 radical (unpaired) electrons. The van der Waals surface area contributed by atoms with Crippen molar-refractivity contribution in [2.24, 2.45) is 11.8 Å². The highest BCUT2D eigenvalue weighted by atomic mass is 28.4. The summed E-state index contributed by atoms with van der Waals surface area (Å²) in [4.78, 5) is 0. The minimum atomic E-state index is -1.46. The SMILES string of the molecule is COC1(O[Si](C)(C)C)C[C@@H]1C(C)C. The third-order valence-corrected chi connectivity index (χ3v) is 3.50. The Morgan fingerprint density at radius 3 is 2.08 bits per heavy atom. The number of hydrogen-bond acceptors (Lipinski definition) is 2. The lowest BCUT2D eigenvalue weighted by molar-refractivity contribution is -0.103. The smallest absolute Gasteiger partial charge is 0.187 e. The van der Waals surface area contributed by atoms with Crippen molar-refractivity contribution in [1.82, 2.24) is 0 Å². The van der Waals surface area contributed by atoms with Gasteiger partial charge in [0.15, 0.2) is 14.1 Å². The van der Waals surface area contributed by atoms with E-state index in [0.717, 1.165) is 6.42 Å². The molecule has 2 nitrogen and oxygen atoms in total. The van der Waals surface area contributed by atoms with Crippen LogP contribution >= 0.6 is 0 Å². The van der Waals surface area contributed by atoms with Gasteiger partial charge < -0.3 is 9.16 Å². The highest BCUT2D eigenvalue weighted by Crippen LogP contribution is 2.52. The summed E-state index contributed by atoms with van der Waals surface area (Å²) in [6.07, 6.45) is 1.07. The third-order valence-electron chi connectivity index (χ3n) is 2.54. The molecule has 1 aliphatic carbocycles. The first-order valence-electron chi connectivity index (χ1n) is 5.06. The second kappa shape index (κ2) is 3.37. The molecule has 1 fully saturated rings. The lowest BCUT2D eigenvalue weighted by atomic mass is 10.1. The fourth-order valence-corrected chi connectivity index (χ4v) is 3.26. The summed E-state index contributed by atoms with van der Waals surface area (Å²) in [7, 11) is 0.303. The van der Waals surface area contributed by atoms with Crippen LogP contribution in [0.2, 0.25) is 19.6 Å². The quantitative estimate of drug-likeness (QED) is 0.515. The first kappa shape index (κ1) is 11.2. The molecule has 2 atom stereocenters. The number of ether oxygens (including phenoxy) is 1. The van der Waals surface area contributed by atoms with E-state index >= 15 is 0 Å². The van der Waals surface area contributed by atoms with Crippen LogP contribution < -0.4 is 0 Å². The van der Waals surface area contributed by atoms with Gasteiger partial charge >= 0.3 is 0 Å². The van der Waals surface area contributed by atoms with Crippen LogP contribution in [-0.2, 0) is 9.16 Å². The van der Waals surface area contributed by atoms with Gasteiger partial charge in [0, 0.05) is 19.4 Å². The van der Waals surface area contributed by atoms with Gasteiger partial charge in [0.25, 0.3) is 0 Å². The maximum Gasteiger partial charge on any atom is 0.187 e. The van der Waals surface area contributed by atoms with Crippen molar-refractivity contribution in [1.29, 1.82) is 0 Å². The van der Waals surface area contributed by atoms with Crippen LogP contribution in [0.25, 0.3) is 0 Å². The summed E-state index contributed by atoms with van der Waals surface area (Å²) in [5.74, 6) is 1.04. The Hall–Kier alpha value is 0.137. The summed E-state index contributed by atoms with van der Waals surface area (Å²) in [6.45, 7) is 11.1. The molecule has 78 valence electrons. The fourth-order valence-electron chi connectivity index (χ4n) is 1.90. The van der Waals surface area contributed by atoms with Gasteiger partial charge in [-0.05, 0) is 25.6 Å².